The molecule has 3 aromatic heterocycles. The Kier molecular flexibility index (Phi) is 1.91. The van der Waals surface area contributed by atoms with E-state index in [0.29, 0.717) is 11.6 Å². The lowest BCUT2D eigenvalue weighted by atomic mass is 10.3. The molecule has 3 aromatic rings. The van der Waals surface area contributed by atoms with Crippen molar-refractivity contribution in [3.63, 3.8) is 0 Å². The molecule has 0 saturated carbocycles. The lowest BCUT2D eigenvalue weighted by Gasteiger charge is -1.99. The summed E-state index contributed by atoms with van der Waals surface area (Å²) < 4.78 is 3.52. The van der Waals surface area contributed by atoms with Crippen LogP contribution in [0.4, 0.5) is 5.82 Å². The third-order valence-corrected chi connectivity index (χ3v) is 2.79. The van der Waals surface area contributed by atoms with E-state index in [1.54, 1.807) is 17.9 Å². The minimum Gasteiger partial charge on any atom is -0.383 e. The minimum absolute atomic E-state index is 0.583. The second kappa shape index (κ2) is 3.31. The Bertz CT molecular complexity index is 693. The number of rotatable bonds is 1. The van der Waals surface area contributed by atoms with Gasteiger partial charge in [-0.1, -0.05) is 0 Å². The molecule has 6 nitrogen and oxygen atoms in total. The largest absolute Gasteiger partial charge is 0.383 e. The molecule has 2 N–H and O–H groups in total. The van der Waals surface area contributed by atoms with Gasteiger partial charge in [0.25, 0.3) is 0 Å². The molecule has 3 heterocycles. The number of fused-ring (bicyclic) bond motifs is 1. The van der Waals surface area contributed by atoms with Gasteiger partial charge in [0, 0.05) is 13.2 Å². The molecule has 17 heavy (non-hydrogen) atoms. The highest BCUT2D eigenvalue weighted by atomic mass is 15.3. The fourth-order valence-corrected chi connectivity index (χ4v) is 1.80. The SMILES string of the molecule is Cc1ccn2c(-c3cnn(C)c3N)nnc2c1. The van der Waals surface area contributed by atoms with Crippen LogP contribution in [0.25, 0.3) is 17.0 Å². The summed E-state index contributed by atoms with van der Waals surface area (Å²) >= 11 is 0. The summed E-state index contributed by atoms with van der Waals surface area (Å²) in [5, 5.41) is 12.4. The Morgan fingerprint density at radius 2 is 2.12 bits per heavy atom. The third kappa shape index (κ3) is 1.37. The second-order valence-corrected chi connectivity index (χ2v) is 4.02. The van der Waals surface area contributed by atoms with Crippen molar-refractivity contribution < 1.29 is 0 Å². The number of nitrogens with zero attached hydrogens (tertiary/aromatic N) is 5. The Morgan fingerprint density at radius 3 is 2.82 bits per heavy atom. The van der Waals surface area contributed by atoms with Gasteiger partial charge < -0.3 is 5.73 Å². The van der Waals surface area contributed by atoms with Crippen molar-refractivity contribution in [1.82, 2.24) is 24.4 Å². The maximum Gasteiger partial charge on any atom is 0.173 e. The van der Waals surface area contributed by atoms with Crippen molar-refractivity contribution in [2.24, 2.45) is 7.05 Å². The lowest BCUT2D eigenvalue weighted by molar-refractivity contribution is 0.779. The monoisotopic (exact) mass is 228 g/mol. The number of hydrogen-bond donors (Lipinski definition) is 1. The smallest absolute Gasteiger partial charge is 0.173 e. The molecule has 0 unspecified atom stereocenters. The average molecular weight is 228 g/mol. The van der Waals surface area contributed by atoms with Crippen molar-refractivity contribution in [2.45, 2.75) is 6.92 Å². The molecule has 0 aliphatic heterocycles. The molecule has 0 fully saturated rings. The van der Waals surface area contributed by atoms with Crippen LogP contribution in [0.15, 0.2) is 24.5 Å². The van der Waals surface area contributed by atoms with Crippen LogP contribution in [0.1, 0.15) is 5.56 Å². The van der Waals surface area contributed by atoms with Crippen LogP contribution in [-0.2, 0) is 7.05 Å². The molecule has 0 radical (unpaired) electrons. The molecule has 0 aliphatic rings. The fourth-order valence-electron chi connectivity index (χ4n) is 1.80. The number of aryl methyl sites for hydroxylation is 2. The predicted molar refractivity (Wildman–Crippen MR) is 64.3 cm³/mol. The van der Waals surface area contributed by atoms with E-state index < -0.39 is 0 Å². The third-order valence-electron chi connectivity index (χ3n) is 2.79. The Balaban J connectivity index is 2.28. The molecule has 0 aliphatic carbocycles. The predicted octanol–water partition coefficient (Wildman–Crippen LogP) is 1.02. The van der Waals surface area contributed by atoms with Gasteiger partial charge in [-0.3, -0.25) is 9.08 Å². The second-order valence-electron chi connectivity index (χ2n) is 4.02. The lowest BCUT2D eigenvalue weighted by Crippen LogP contribution is -1.99. The van der Waals surface area contributed by atoms with E-state index in [4.69, 9.17) is 5.73 Å². The van der Waals surface area contributed by atoms with Crippen LogP contribution >= 0.6 is 0 Å². The van der Waals surface area contributed by atoms with Crippen LogP contribution in [0.3, 0.4) is 0 Å². The van der Waals surface area contributed by atoms with Crippen LogP contribution in [0.5, 0.6) is 0 Å². The standard InChI is InChI=1S/C11H12N6/c1-7-3-4-17-9(5-7)14-15-11(17)8-6-13-16(2)10(8)12/h3-6H,12H2,1-2H3. The Morgan fingerprint density at radius 1 is 1.29 bits per heavy atom. The topological polar surface area (TPSA) is 74.0 Å². The quantitative estimate of drug-likeness (QED) is 0.674. The molecule has 3 rings (SSSR count). The zero-order chi connectivity index (χ0) is 12.0. The van der Waals surface area contributed by atoms with Crippen LogP contribution in [-0.4, -0.2) is 24.4 Å². The molecule has 0 amide bonds. The van der Waals surface area contributed by atoms with Gasteiger partial charge in [0.2, 0.25) is 0 Å². The number of pyridine rings is 1. The van der Waals surface area contributed by atoms with Crippen LogP contribution < -0.4 is 5.73 Å². The van der Waals surface area contributed by atoms with Gasteiger partial charge in [-0.25, -0.2) is 0 Å². The molecule has 0 aromatic carbocycles. The molecule has 0 atom stereocenters. The number of hydrogen-bond acceptors (Lipinski definition) is 4. The van der Waals surface area contributed by atoms with Gasteiger partial charge in [0.15, 0.2) is 11.5 Å². The van der Waals surface area contributed by atoms with Gasteiger partial charge in [-0.05, 0) is 24.6 Å². The summed E-state index contributed by atoms with van der Waals surface area (Å²) in [6.45, 7) is 2.02. The fraction of sp³-hybridized carbons (Fsp3) is 0.182. The van der Waals surface area contributed by atoms with Crippen molar-refractivity contribution in [3.05, 3.63) is 30.1 Å². The summed E-state index contributed by atoms with van der Waals surface area (Å²) in [6, 6.07) is 3.98. The maximum absolute atomic E-state index is 5.93. The highest BCUT2D eigenvalue weighted by Crippen LogP contribution is 2.23. The molecule has 86 valence electrons. The van der Waals surface area contributed by atoms with Crippen molar-refractivity contribution in [3.8, 4) is 11.4 Å². The molecule has 0 saturated heterocycles. The number of nitrogen functional groups attached to an aromatic ring is 1. The van der Waals surface area contributed by atoms with Gasteiger partial charge in [0.1, 0.15) is 5.82 Å². The first-order valence-electron chi connectivity index (χ1n) is 5.26. The summed E-state index contributed by atoms with van der Waals surface area (Å²) in [7, 11) is 1.80. The number of aromatic nitrogens is 5. The van der Waals surface area contributed by atoms with Crippen LogP contribution in [0, 0.1) is 6.92 Å². The van der Waals surface area contributed by atoms with E-state index >= 15 is 0 Å². The van der Waals surface area contributed by atoms with E-state index in [-0.39, 0.29) is 0 Å². The summed E-state index contributed by atoms with van der Waals surface area (Å²) in [6.07, 6.45) is 3.64. The first-order chi connectivity index (χ1) is 8.16. The van der Waals surface area contributed by atoms with Crippen molar-refractivity contribution in [1.29, 1.82) is 0 Å². The van der Waals surface area contributed by atoms with E-state index in [1.165, 1.54) is 0 Å². The van der Waals surface area contributed by atoms with E-state index in [0.717, 1.165) is 16.8 Å². The van der Waals surface area contributed by atoms with Gasteiger partial charge in [-0.2, -0.15) is 5.10 Å². The summed E-state index contributed by atoms with van der Waals surface area (Å²) in [5.74, 6) is 1.30. The molecule has 0 bridgehead atoms. The molecule has 0 spiro atoms. The van der Waals surface area contributed by atoms with E-state index in [1.807, 2.05) is 29.7 Å². The highest BCUT2D eigenvalue weighted by Gasteiger charge is 2.13. The Labute approximate surface area is 97.7 Å². The number of nitrogens with two attached hydrogens (primary N) is 1. The molecule has 6 heteroatoms. The average Bonchev–Trinajstić information content (AvgIpc) is 2.84. The molecular formula is C11H12N6. The van der Waals surface area contributed by atoms with Gasteiger partial charge in [-0.15, -0.1) is 10.2 Å². The zero-order valence-electron chi connectivity index (χ0n) is 9.62. The highest BCUT2D eigenvalue weighted by molar-refractivity contribution is 5.69. The summed E-state index contributed by atoms with van der Waals surface area (Å²) in [4.78, 5) is 0. The zero-order valence-corrected chi connectivity index (χ0v) is 9.62. The Hall–Kier alpha value is -2.37. The molecular weight excluding hydrogens is 216 g/mol. The van der Waals surface area contributed by atoms with Gasteiger partial charge in [0.05, 0.1) is 11.8 Å². The van der Waals surface area contributed by atoms with E-state index in [9.17, 15) is 0 Å². The number of anilines is 1. The van der Waals surface area contributed by atoms with E-state index in [2.05, 4.69) is 15.3 Å². The minimum atomic E-state index is 0.583. The van der Waals surface area contributed by atoms with Crippen LogP contribution in [0.2, 0.25) is 0 Å². The normalized spacial score (nSPS) is 11.2. The maximum atomic E-state index is 5.93. The summed E-state index contributed by atoms with van der Waals surface area (Å²) in [5.41, 5.74) is 8.69. The van der Waals surface area contributed by atoms with Crippen molar-refractivity contribution >= 4 is 11.5 Å². The van der Waals surface area contributed by atoms with Crippen molar-refractivity contribution in [2.75, 3.05) is 5.73 Å². The first-order valence-corrected chi connectivity index (χ1v) is 5.26. The van der Waals surface area contributed by atoms with Gasteiger partial charge >= 0.3 is 0 Å². The first kappa shape index (κ1) is 9.83.